The molecule has 5 nitrogen and oxygen atoms in total. The monoisotopic (exact) mass is 252 g/mol. The first-order valence-corrected chi connectivity index (χ1v) is 6.68. The van der Waals surface area contributed by atoms with Gasteiger partial charge in [0.25, 0.3) is 0 Å². The minimum atomic E-state index is -0.359. The van der Waals surface area contributed by atoms with E-state index < -0.39 is 0 Å². The molecule has 0 saturated carbocycles. The topological polar surface area (TPSA) is 68.2 Å². The number of rotatable bonds is 3. The molecule has 6 heteroatoms. The maximum absolute atomic E-state index is 5.83. The molecule has 2 atom stereocenters. The molecule has 0 bridgehead atoms. The van der Waals surface area contributed by atoms with Gasteiger partial charge in [0.1, 0.15) is 0 Å². The van der Waals surface area contributed by atoms with Gasteiger partial charge in [-0.05, 0) is 7.05 Å². The average molecular weight is 252 g/mol. The van der Waals surface area contributed by atoms with Crippen molar-refractivity contribution in [3.63, 3.8) is 0 Å². The predicted molar refractivity (Wildman–Crippen MR) is 67.4 cm³/mol. The highest BCUT2D eigenvalue weighted by atomic mass is 32.2. The fraction of sp³-hybridized carbons (Fsp3) is 0.636. The Balaban J connectivity index is 2.09. The van der Waals surface area contributed by atoms with Gasteiger partial charge < -0.3 is 10.3 Å². The van der Waals surface area contributed by atoms with Gasteiger partial charge >= 0.3 is 0 Å². The zero-order valence-corrected chi connectivity index (χ0v) is 10.6. The Morgan fingerprint density at radius 3 is 3.29 bits per heavy atom. The molecular weight excluding hydrogens is 236 g/mol. The zero-order chi connectivity index (χ0) is 12.3. The number of aromatic nitrogens is 2. The Hall–Kier alpha value is -1.03. The van der Waals surface area contributed by atoms with E-state index in [9.17, 15) is 0 Å². The number of hydrogen-bond acceptors (Lipinski definition) is 6. The van der Waals surface area contributed by atoms with Gasteiger partial charge in [0, 0.05) is 24.5 Å². The Kier molecular flexibility index (Phi) is 4.05. The van der Waals surface area contributed by atoms with Crippen LogP contribution in [0.5, 0.6) is 0 Å². The molecule has 17 heavy (non-hydrogen) atoms. The van der Waals surface area contributed by atoms with E-state index in [4.69, 9.17) is 16.7 Å². The standard InChI is InChI=1S/C11H16N4OS/c1-3-4-8(12)11-13-10(14-16-11)9-7-17-6-5-15(9)2/h1,8-9H,4-7,12H2,2H3. The van der Waals surface area contributed by atoms with Crippen LogP contribution >= 0.6 is 11.8 Å². The van der Waals surface area contributed by atoms with Gasteiger partial charge in [-0.15, -0.1) is 12.3 Å². The highest BCUT2D eigenvalue weighted by molar-refractivity contribution is 7.99. The Labute approximate surface area is 105 Å². The summed E-state index contributed by atoms with van der Waals surface area (Å²) in [6.45, 7) is 1.04. The average Bonchev–Trinajstić information content (AvgIpc) is 2.79. The van der Waals surface area contributed by atoms with Crippen LogP contribution in [-0.4, -0.2) is 40.1 Å². The first kappa shape index (κ1) is 12.4. The van der Waals surface area contributed by atoms with Crippen molar-refractivity contribution in [2.24, 2.45) is 5.73 Å². The molecule has 0 spiro atoms. The van der Waals surface area contributed by atoms with Crippen LogP contribution in [0.2, 0.25) is 0 Å². The molecule has 1 aromatic rings. The van der Waals surface area contributed by atoms with Crippen molar-refractivity contribution >= 4 is 11.8 Å². The third kappa shape index (κ3) is 2.80. The second-order valence-electron chi connectivity index (χ2n) is 4.08. The van der Waals surface area contributed by atoms with Crippen molar-refractivity contribution < 1.29 is 4.52 Å². The van der Waals surface area contributed by atoms with Crippen molar-refractivity contribution in [2.75, 3.05) is 25.1 Å². The lowest BCUT2D eigenvalue weighted by molar-refractivity contribution is 0.256. The lowest BCUT2D eigenvalue weighted by Gasteiger charge is -2.29. The number of terminal acetylenes is 1. The molecule has 1 fully saturated rings. The van der Waals surface area contributed by atoms with Crippen molar-refractivity contribution in [3.8, 4) is 12.3 Å². The van der Waals surface area contributed by atoms with E-state index in [1.807, 2.05) is 11.8 Å². The Morgan fingerprint density at radius 1 is 1.76 bits per heavy atom. The van der Waals surface area contributed by atoms with Gasteiger partial charge in [-0.25, -0.2) is 0 Å². The minimum Gasteiger partial charge on any atom is -0.338 e. The van der Waals surface area contributed by atoms with Crippen LogP contribution in [0.4, 0.5) is 0 Å². The molecule has 0 aromatic carbocycles. The van der Waals surface area contributed by atoms with E-state index in [0.717, 1.165) is 18.1 Å². The van der Waals surface area contributed by atoms with E-state index in [2.05, 4.69) is 28.0 Å². The summed E-state index contributed by atoms with van der Waals surface area (Å²) >= 11 is 1.90. The molecule has 2 unspecified atom stereocenters. The van der Waals surface area contributed by atoms with E-state index >= 15 is 0 Å². The number of hydrogen-bond donors (Lipinski definition) is 1. The maximum atomic E-state index is 5.83. The molecule has 1 aliphatic rings. The molecular formula is C11H16N4OS. The van der Waals surface area contributed by atoms with Gasteiger partial charge in [0.05, 0.1) is 12.1 Å². The fourth-order valence-electron chi connectivity index (χ4n) is 1.71. The summed E-state index contributed by atoms with van der Waals surface area (Å²) in [5, 5.41) is 4.00. The van der Waals surface area contributed by atoms with Gasteiger partial charge in [-0.3, -0.25) is 4.90 Å². The second kappa shape index (κ2) is 5.54. The number of nitrogens with two attached hydrogens (primary N) is 1. The number of nitrogens with zero attached hydrogens (tertiary/aromatic N) is 3. The molecule has 0 amide bonds. The lowest BCUT2D eigenvalue weighted by Crippen LogP contribution is -2.33. The maximum Gasteiger partial charge on any atom is 0.244 e. The molecule has 92 valence electrons. The van der Waals surface area contributed by atoms with Crippen molar-refractivity contribution in [3.05, 3.63) is 11.7 Å². The van der Waals surface area contributed by atoms with Gasteiger partial charge in [-0.2, -0.15) is 16.7 Å². The zero-order valence-electron chi connectivity index (χ0n) is 9.80. The van der Waals surface area contributed by atoms with E-state index in [-0.39, 0.29) is 12.1 Å². The fourth-order valence-corrected chi connectivity index (χ4v) is 2.92. The number of thioether (sulfide) groups is 1. The van der Waals surface area contributed by atoms with E-state index in [0.29, 0.717) is 18.1 Å². The van der Waals surface area contributed by atoms with E-state index in [1.165, 1.54) is 0 Å². The van der Waals surface area contributed by atoms with Crippen LogP contribution in [0.1, 0.15) is 30.2 Å². The minimum absolute atomic E-state index is 0.212. The molecule has 1 aromatic heterocycles. The summed E-state index contributed by atoms with van der Waals surface area (Å²) < 4.78 is 5.16. The van der Waals surface area contributed by atoms with Crippen molar-refractivity contribution in [2.45, 2.75) is 18.5 Å². The molecule has 2 rings (SSSR count). The Morgan fingerprint density at radius 2 is 2.59 bits per heavy atom. The van der Waals surface area contributed by atoms with Gasteiger partial charge in [0.15, 0.2) is 5.82 Å². The normalized spacial score (nSPS) is 23.2. The molecule has 2 N–H and O–H groups in total. The van der Waals surface area contributed by atoms with Gasteiger partial charge in [-0.1, -0.05) is 5.16 Å². The summed E-state index contributed by atoms with van der Waals surface area (Å²) in [5.74, 6) is 5.77. The van der Waals surface area contributed by atoms with Crippen LogP contribution < -0.4 is 5.73 Å². The third-order valence-corrected chi connectivity index (χ3v) is 3.83. The highest BCUT2D eigenvalue weighted by Crippen LogP contribution is 2.26. The SMILES string of the molecule is C#CCC(N)c1nc(C2CSCCN2C)no1. The predicted octanol–water partition coefficient (Wildman–Crippen LogP) is 0.812. The summed E-state index contributed by atoms with van der Waals surface area (Å²) in [6.07, 6.45) is 5.62. The lowest BCUT2D eigenvalue weighted by atomic mass is 10.2. The molecule has 2 heterocycles. The highest BCUT2D eigenvalue weighted by Gasteiger charge is 2.26. The van der Waals surface area contributed by atoms with Crippen LogP contribution in [-0.2, 0) is 0 Å². The molecule has 0 aliphatic carbocycles. The molecule has 1 saturated heterocycles. The largest absolute Gasteiger partial charge is 0.338 e. The van der Waals surface area contributed by atoms with Crippen LogP contribution in [0.3, 0.4) is 0 Å². The van der Waals surface area contributed by atoms with Crippen molar-refractivity contribution in [1.29, 1.82) is 0 Å². The van der Waals surface area contributed by atoms with Crippen LogP contribution in [0.15, 0.2) is 4.52 Å². The van der Waals surface area contributed by atoms with Crippen LogP contribution in [0, 0.1) is 12.3 Å². The third-order valence-electron chi connectivity index (χ3n) is 2.81. The molecule has 0 radical (unpaired) electrons. The first-order chi connectivity index (χ1) is 8.22. The molecule has 1 aliphatic heterocycles. The van der Waals surface area contributed by atoms with Gasteiger partial charge in [0.2, 0.25) is 5.89 Å². The summed E-state index contributed by atoms with van der Waals surface area (Å²) in [4.78, 5) is 6.58. The first-order valence-electron chi connectivity index (χ1n) is 5.53. The smallest absolute Gasteiger partial charge is 0.244 e. The summed E-state index contributed by atoms with van der Waals surface area (Å²) in [6, 6.07) is -0.146. The van der Waals surface area contributed by atoms with Crippen molar-refractivity contribution in [1.82, 2.24) is 15.0 Å². The van der Waals surface area contributed by atoms with Crippen LogP contribution in [0.25, 0.3) is 0 Å². The quantitative estimate of drug-likeness (QED) is 0.803. The summed E-state index contributed by atoms with van der Waals surface area (Å²) in [7, 11) is 2.07. The second-order valence-corrected chi connectivity index (χ2v) is 5.23. The Bertz CT molecular complexity index is 414. The van der Waals surface area contributed by atoms with E-state index in [1.54, 1.807) is 0 Å². The summed E-state index contributed by atoms with van der Waals surface area (Å²) in [5.41, 5.74) is 5.83.